The Kier molecular flexibility index (Phi) is 14.9. The Bertz CT molecular complexity index is 758. The van der Waals surface area contributed by atoms with Crippen molar-refractivity contribution >= 4 is 10.9 Å². The molecule has 186 valence electrons. The van der Waals surface area contributed by atoms with Crippen molar-refractivity contribution in [3.05, 3.63) is 29.7 Å². The number of unbranched alkanes of at least 4 members (excludes halogenated alkanes) is 16. The van der Waals surface area contributed by atoms with Crippen LogP contribution in [0.2, 0.25) is 0 Å². The third-order valence-corrected chi connectivity index (χ3v) is 6.83. The largest absolute Gasteiger partial charge is 0.508 e. The molecule has 33 heavy (non-hydrogen) atoms. The third-order valence-electron chi connectivity index (χ3n) is 6.83. The molecule has 0 aliphatic carbocycles. The van der Waals surface area contributed by atoms with E-state index in [1.165, 1.54) is 116 Å². The zero-order valence-corrected chi connectivity index (χ0v) is 21.7. The highest BCUT2D eigenvalue weighted by Gasteiger charge is 2.09. The Morgan fingerprint density at radius 1 is 0.576 bits per heavy atom. The van der Waals surface area contributed by atoms with Gasteiger partial charge in [0, 0.05) is 11.8 Å². The van der Waals surface area contributed by atoms with Crippen LogP contribution < -0.4 is 0 Å². The predicted molar refractivity (Wildman–Crippen MR) is 143 cm³/mol. The van der Waals surface area contributed by atoms with Crippen molar-refractivity contribution in [3.63, 3.8) is 0 Å². The minimum atomic E-state index is 0.311. The first-order valence-corrected chi connectivity index (χ1v) is 14.2. The van der Waals surface area contributed by atoms with E-state index in [4.69, 9.17) is 9.97 Å². The molecule has 0 aliphatic heterocycles. The molecule has 0 amide bonds. The number of nitrogens with zero attached hydrogens (tertiary/aromatic N) is 2. The average Bonchev–Trinajstić information content (AvgIpc) is 2.82. The van der Waals surface area contributed by atoms with Gasteiger partial charge in [0.25, 0.3) is 0 Å². The summed E-state index contributed by atoms with van der Waals surface area (Å²) < 4.78 is 0. The van der Waals surface area contributed by atoms with Crippen LogP contribution in [-0.2, 0) is 12.8 Å². The number of aromatic nitrogens is 2. The lowest BCUT2D eigenvalue weighted by Crippen LogP contribution is -2.02. The third kappa shape index (κ3) is 11.9. The second-order valence-corrected chi connectivity index (χ2v) is 9.94. The molecule has 3 heteroatoms. The zero-order valence-electron chi connectivity index (χ0n) is 21.7. The molecule has 0 fully saturated rings. The molecular weight excluding hydrogens is 404 g/mol. The van der Waals surface area contributed by atoms with Crippen molar-refractivity contribution in [2.24, 2.45) is 0 Å². The van der Waals surface area contributed by atoms with Gasteiger partial charge in [-0.15, -0.1) is 0 Å². The van der Waals surface area contributed by atoms with Crippen LogP contribution in [0.5, 0.6) is 5.75 Å². The number of aryl methyl sites for hydroxylation is 2. The molecule has 3 nitrogen and oxygen atoms in total. The van der Waals surface area contributed by atoms with Gasteiger partial charge in [-0.2, -0.15) is 0 Å². The summed E-state index contributed by atoms with van der Waals surface area (Å²) in [6.07, 6.45) is 26.0. The molecular formula is C30H50N2O. The maximum Gasteiger partial charge on any atom is 0.129 e. The van der Waals surface area contributed by atoms with Crippen molar-refractivity contribution < 1.29 is 5.11 Å². The van der Waals surface area contributed by atoms with Crippen molar-refractivity contribution in [1.29, 1.82) is 0 Å². The topological polar surface area (TPSA) is 46.0 Å². The molecule has 1 aromatic carbocycles. The summed E-state index contributed by atoms with van der Waals surface area (Å²) in [5, 5.41) is 11.0. The summed E-state index contributed by atoms with van der Waals surface area (Å²) in [5.41, 5.74) is 2.12. The van der Waals surface area contributed by atoms with Crippen molar-refractivity contribution in [1.82, 2.24) is 9.97 Å². The summed E-state index contributed by atoms with van der Waals surface area (Å²) in [4.78, 5) is 9.77. The summed E-state index contributed by atoms with van der Waals surface area (Å²) >= 11 is 0. The summed E-state index contributed by atoms with van der Waals surface area (Å²) in [6, 6.07) is 5.55. The highest BCUT2D eigenvalue weighted by Crippen LogP contribution is 2.24. The number of phenolic OH excluding ortho intramolecular Hbond substituents is 1. The van der Waals surface area contributed by atoms with E-state index in [2.05, 4.69) is 13.8 Å². The molecule has 0 radical (unpaired) electrons. The lowest BCUT2D eigenvalue weighted by Gasteiger charge is -2.10. The lowest BCUT2D eigenvalue weighted by molar-refractivity contribution is 0.476. The van der Waals surface area contributed by atoms with Crippen LogP contribution in [0.25, 0.3) is 10.9 Å². The zero-order chi connectivity index (χ0) is 23.6. The molecule has 2 rings (SSSR count). The Balaban J connectivity index is 1.76. The van der Waals surface area contributed by atoms with E-state index in [1.54, 1.807) is 6.07 Å². The molecule has 0 unspecified atom stereocenters. The van der Waals surface area contributed by atoms with Crippen LogP contribution in [0.4, 0.5) is 0 Å². The molecule has 0 bridgehead atoms. The summed E-state index contributed by atoms with van der Waals surface area (Å²) in [5.74, 6) is 1.30. The Hall–Kier alpha value is -1.64. The first kappa shape index (κ1) is 27.6. The van der Waals surface area contributed by atoms with E-state index >= 15 is 0 Å². The van der Waals surface area contributed by atoms with Crippen LogP contribution >= 0.6 is 0 Å². The van der Waals surface area contributed by atoms with Crippen molar-refractivity contribution in [2.45, 2.75) is 142 Å². The van der Waals surface area contributed by atoms with Crippen LogP contribution in [0.1, 0.15) is 141 Å². The Morgan fingerprint density at radius 3 is 1.61 bits per heavy atom. The highest BCUT2D eigenvalue weighted by atomic mass is 16.3. The van der Waals surface area contributed by atoms with Gasteiger partial charge >= 0.3 is 0 Å². The van der Waals surface area contributed by atoms with Gasteiger partial charge in [0.1, 0.15) is 11.6 Å². The highest BCUT2D eigenvalue weighted by molar-refractivity contribution is 5.82. The quantitative estimate of drug-likeness (QED) is 0.203. The van der Waals surface area contributed by atoms with Gasteiger partial charge in [-0.05, 0) is 37.5 Å². The number of fused-ring (bicyclic) bond motifs is 1. The van der Waals surface area contributed by atoms with E-state index in [0.717, 1.165) is 35.3 Å². The van der Waals surface area contributed by atoms with E-state index in [-0.39, 0.29) is 0 Å². The van der Waals surface area contributed by atoms with Gasteiger partial charge in [0.05, 0.1) is 11.2 Å². The van der Waals surface area contributed by atoms with E-state index < -0.39 is 0 Å². The van der Waals surface area contributed by atoms with Crippen molar-refractivity contribution in [2.75, 3.05) is 0 Å². The van der Waals surface area contributed by atoms with Gasteiger partial charge in [-0.25, -0.2) is 9.97 Å². The van der Waals surface area contributed by atoms with Crippen LogP contribution in [0.3, 0.4) is 0 Å². The van der Waals surface area contributed by atoms with Gasteiger partial charge in [-0.1, -0.05) is 117 Å². The molecule has 2 aromatic rings. The number of phenols is 1. The predicted octanol–water partition coefficient (Wildman–Crippen LogP) is 9.48. The molecule has 0 spiro atoms. The number of benzene rings is 1. The monoisotopic (exact) mass is 454 g/mol. The average molecular weight is 455 g/mol. The molecule has 0 aliphatic rings. The molecule has 1 heterocycles. The minimum Gasteiger partial charge on any atom is -0.508 e. The Labute approximate surface area is 203 Å². The maximum atomic E-state index is 9.99. The van der Waals surface area contributed by atoms with E-state index in [9.17, 15) is 5.11 Å². The fraction of sp³-hybridized carbons (Fsp3) is 0.733. The second kappa shape index (κ2) is 17.8. The van der Waals surface area contributed by atoms with E-state index in [0.29, 0.717) is 5.75 Å². The van der Waals surface area contributed by atoms with Gasteiger partial charge in [0.2, 0.25) is 0 Å². The lowest BCUT2D eigenvalue weighted by atomic mass is 10.0. The Morgan fingerprint density at radius 2 is 1.06 bits per heavy atom. The van der Waals surface area contributed by atoms with Crippen LogP contribution in [-0.4, -0.2) is 15.1 Å². The fourth-order valence-corrected chi connectivity index (χ4v) is 4.73. The normalized spacial score (nSPS) is 11.5. The number of rotatable bonds is 20. The minimum absolute atomic E-state index is 0.311. The molecule has 1 N–H and O–H groups in total. The fourth-order valence-electron chi connectivity index (χ4n) is 4.73. The first-order chi connectivity index (χ1) is 16.2. The smallest absolute Gasteiger partial charge is 0.129 e. The molecule has 0 saturated carbocycles. The molecule has 1 aromatic heterocycles. The maximum absolute atomic E-state index is 9.99. The number of hydrogen-bond donors (Lipinski definition) is 1. The SMILES string of the molecule is CCCCCCCCCCCc1nc(CCCCCCCCCCC)c2cc(O)ccc2n1. The number of aromatic hydroxyl groups is 1. The van der Waals surface area contributed by atoms with Crippen LogP contribution in [0, 0.1) is 0 Å². The van der Waals surface area contributed by atoms with Gasteiger partial charge < -0.3 is 5.11 Å². The summed E-state index contributed by atoms with van der Waals surface area (Å²) in [6.45, 7) is 4.55. The second-order valence-electron chi connectivity index (χ2n) is 9.94. The summed E-state index contributed by atoms with van der Waals surface area (Å²) in [7, 11) is 0. The van der Waals surface area contributed by atoms with Gasteiger partial charge in [-0.3, -0.25) is 0 Å². The van der Waals surface area contributed by atoms with Crippen molar-refractivity contribution in [3.8, 4) is 5.75 Å². The molecule has 0 saturated heterocycles. The first-order valence-electron chi connectivity index (χ1n) is 14.2. The number of hydrogen-bond acceptors (Lipinski definition) is 3. The van der Waals surface area contributed by atoms with Gasteiger partial charge in [0.15, 0.2) is 0 Å². The molecule has 0 atom stereocenters. The van der Waals surface area contributed by atoms with Crippen LogP contribution in [0.15, 0.2) is 18.2 Å². The van der Waals surface area contributed by atoms with E-state index in [1.807, 2.05) is 12.1 Å². The standard InChI is InChI=1S/C30H50N2O/c1-3-5-7-9-11-13-15-17-19-21-28-27-25-26(33)23-24-29(27)32-30(31-28)22-20-18-16-14-12-10-8-6-4-2/h23-25,33H,3-22H2,1-2H3.